The summed E-state index contributed by atoms with van der Waals surface area (Å²) in [5.74, 6) is 0.0294. The number of carbonyl (C=O) groups is 1. The summed E-state index contributed by atoms with van der Waals surface area (Å²) in [6, 6.07) is 27.7. The molecule has 0 N–H and O–H groups in total. The molecule has 4 aromatic rings. The Morgan fingerprint density at radius 2 is 1.33 bits per heavy atom. The molecule has 0 saturated heterocycles. The van der Waals surface area contributed by atoms with E-state index in [1.54, 1.807) is 0 Å². The highest BCUT2D eigenvalue weighted by Crippen LogP contribution is 2.20. The van der Waals surface area contributed by atoms with Crippen molar-refractivity contribution in [2.75, 3.05) is 0 Å². The Balaban J connectivity index is 1.57. The van der Waals surface area contributed by atoms with E-state index >= 15 is 0 Å². The second kappa shape index (κ2) is 7.87. The first kappa shape index (κ1) is 17.0. The van der Waals surface area contributed by atoms with Gasteiger partial charge in [0.15, 0.2) is 5.58 Å². The van der Waals surface area contributed by atoms with Crippen molar-refractivity contribution in [1.29, 1.82) is 0 Å². The van der Waals surface area contributed by atoms with Crippen molar-refractivity contribution in [2.45, 2.75) is 19.5 Å². The average molecular weight is 356 g/mol. The standard InChI is InChI=1S/C23H20N2O2/c26-23(15-21-20-13-7-8-14-22(20)27-24-21)25(16-18-9-3-1-4-10-18)17-19-11-5-2-6-12-19/h1-14H,15-17H2. The number of hydrogen-bond acceptors (Lipinski definition) is 3. The van der Waals surface area contributed by atoms with Crippen molar-refractivity contribution in [1.82, 2.24) is 10.1 Å². The van der Waals surface area contributed by atoms with Crippen LogP contribution < -0.4 is 0 Å². The lowest BCUT2D eigenvalue weighted by Gasteiger charge is -2.23. The molecule has 0 unspecified atom stereocenters. The van der Waals surface area contributed by atoms with Gasteiger partial charge in [-0.05, 0) is 23.3 Å². The third-order valence-electron chi connectivity index (χ3n) is 4.56. The largest absolute Gasteiger partial charge is 0.356 e. The lowest BCUT2D eigenvalue weighted by Crippen LogP contribution is -2.31. The van der Waals surface area contributed by atoms with E-state index in [0.29, 0.717) is 24.4 Å². The second-order valence-electron chi connectivity index (χ2n) is 6.52. The summed E-state index contributed by atoms with van der Waals surface area (Å²) in [4.78, 5) is 15.0. The van der Waals surface area contributed by atoms with Crippen molar-refractivity contribution in [2.24, 2.45) is 0 Å². The highest BCUT2D eigenvalue weighted by atomic mass is 16.5. The summed E-state index contributed by atoms with van der Waals surface area (Å²) in [6.07, 6.45) is 0.219. The van der Waals surface area contributed by atoms with Gasteiger partial charge < -0.3 is 9.42 Å². The van der Waals surface area contributed by atoms with E-state index in [9.17, 15) is 4.79 Å². The van der Waals surface area contributed by atoms with Gasteiger partial charge in [0.2, 0.25) is 5.91 Å². The molecule has 0 fully saturated rings. The third kappa shape index (κ3) is 4.06. The van der Waals surface area contributed by atoms with Gasteiger partial charge in [0.05, 0.1) is 6.42 Å². The predicted molar refractivity (Wildman–Crippen MR) is 105 cm³/mol. The van der Waals surface area contributed by atoms with Crippen molar-refractivity contribution in [3.63, 3.8) is 0 Å². The summed E-state index contributed by atoms with van der Waals surface area (Å²) in [7, 11) is 0. The molecule has 0 aliphatic rings. The van der Waals surface area contributed by atoms with Crippen LogP contribution in [0.4, 0.5) is 0 Å². The lowest BCUT2D eigenvalue weighted by molar-refractivity contribution is -0.131. The number of benzene rings is 3. The van der Waals surface area contributed by atoms with Gasteiger partial charge in [-0.2, -0.15) is 0 Å². The topological polar surface area (TPSA) is 46.3 Å². The van der Waals surface area contributed by atoms with Crippen LogP contribution in [0.2, 0.25) is 0 Å². The number of aromatic nitrogens is 1. The van der Waals surface area contributed by atoms with Gasteiger partial charge in [-0.3, -0.25) is 4.79 Å². The van der Waals surface area contributed by atoms with E-state index in [0.717, 1.165) is 16.5 Å². The maximum atomic E-state index is 13.1. The van der Waals surface area contributed by atoms with Gasteiger partial charge in [-0.15, -0.1) is 0 Å². The van der Waals surface area contributed by atoms with E-state index in [-0.39, 0.29) is 12.3 Å². The molecule has 4 nitrogen and oxygen atoms in total. The minimum atomic E-state index is 0.0294. The van der Waals surface area contributed by atoms with E-state index in [2.05, 4.69) is 5.16 Å². The summed E-state index contributed by atoms with van der Waals surface area (Å²) in [5.41, 5.74) is 3.60. The Morgan fingerprint density at radius 1 is 0.778 bits per heavy atom. The summed E-state index contributed by atoms with van der Waals surface area (Å²) < 4.78 is 5.35. The van der Waals surface area contributed by atoms with Gasteiger partial charge in [0.25, 0.3) is 0 Å². The Labute approximate surface area is 158 Å². The number of rotatable bonds is 6. The quantitative estimate of drug-likeness (QED) is 0.507. The third-order valence-corrected chi connectivity index (χ3v) is 4.56. The lowest BCUT2D eigenvalue weighted by atomic mass is 10.1. The molecule has 0 atom stereocenters. The molecule has 0 aliphatic carbocycles. The first-order valence-electron chi connectivity index (χ1n) is 8.98. The van der Waals surface area contributed by atoms with Crippen LogP contribution in [0.3, 0.4) is 0 Å². The van der Waals surface area contributed by atoms with Crippen LogP contribution >= 0.6 is 0 Å². The van der Waals surface area contributed by atoms with E-state index in [1.165, 1.54) is 0 Å². The van der Waals surface area contributed by atoms with Crippen LogP contribution in [-0.4, -0.2) is 16.0 Å². The maximum Gasteiger partial charge on any atom is 0.229 e. The fourth-order valence-corrected chi connectivity index (χ4v) is 3.16. The molecule has 4 heteroatoms. The Kier molecular flexibility index (Phi) is 4.97. The van der Waals surface area contributed by atoms with Gasteiger partial charge in [0, 0.05) is 18.5 Å². The van der Waals surface area contributed by atoms with Crippen LogP contribution in [0.5, 0.6) is 0 Å². The minimum absolute atomic E-state index is 0.0294. The van der Waals surface area contributed by atoms with Crippen LogP contribution in [0.15, 0.2) is 89.5 Å². The number of nitrogens with zero attached hydrogens (tertiary/aromatic N) is 2. The van der Waals surface area contributed by atoms with Crippen molar-refractivity contribution in [3.8, 4) is 0 Å². The molecule has 1 amide bonds. The molecule has 0 aliphatic heterocycles. The number of amides is 1. The molecule has 3 aromatic carbocycles. The predicted octanol–water partition coefficient (Wildman–Crippen LogP) is 4.60. The van der Waals surface area contributed by atoms with Crippen LogP contribution in [0.25, 0.3) is 11.0 Å². The van der Waals surface area contributed by atoms with E-state index in [1.807, 2.05) is 89.8 Å². The second-order valence-corrected chi connectivity index (χ2v) is 6.52. The molecule has 1 heterocycles. The summed E-state index contributed by atoms with van der Waals surface area (Å²) >= 11 is 0. The summed E-state index contributed by atoms with van der Waals surface area (Å²) in [5, 5.41) is 5.00. The Hall–Kier alpha value is -3.40. The van der Waals surface area contributed by atoms with Crippen LogP contribution in [0.1, 0.15) is 16.8 Å². The zero-order valence-corrected chi connectivity index (χ0v) is 14.9. The molecule has 0 saturated carbocycles. The molecule has 4 rings (SSSR count). The number of para-hydroxylation sites is 1. The van der Waals surface area contributed by atoms with Crippen LogP contribution in [-0.2, 0) is 24.3 Å². The Bertz CT molecular complexity index is 984. The average Bonchev–Trinajstić information content (AvgIpc) is 3.12. The SMILES string of the molecule is O=C(Cc1noc2ccccc12)N(Cc1ccccc1)Cc1ccccc1. The zero-order chi connectivity index (χ0) is 18.5. The monoisotopic (exact) mass is 356 g/mol. The number of hydrogen-bond donors (Lipinski definition) is 0. The van der Waals surface area contributed by atoms with Gasteiger partial charge in [-0.25, -0.2) is 0 Å². The molecule has 27 heavy (non-hydrogen) atoms. The van der Waals surface area contributed by atoms with Crippen molar-refractivity contribution in [3.05, 3.63) is 102 Å². The first-order valence-corrected chi connectivity index (χ1v) is 8.98. The van der Waals surface area contributed by atoms with Crippen molar-refractivity contribution < 1.29 is 9.32 Å². The summed E-state index contributed by atoms with van der Waals surface area (Å²) in [6.45, 7) is 1.12. The van der Waals surface area contributed by atoms with Crippen LogP contribution in [0, 0.1) is 0 Å². The number of fused-ring (bicyclic) bond motifs is 1. The minimum Gasteiger partial charge on any atom is -0.356 e. The van der Waals surface area contributed by atoms with Gasteiger partial charge in [0.1, 0.15) is 5.69 Å². The highest BCUT2D eigenvalue weighted by molar-refractivity contribution is 5.86. The zero-order valence-electron chi connectivity index (χ0n) is 14.9. The molecule has 134 valence electrons. The highest BCUT2D eigenvalue weighted by Gasteiger charge is 2.18. The molecular formula is C23H20N2O2. The Morgan fingerprint density at radius 3 is 1.96 bits per heavy atom. The molecular weight excluding hydrogens is 336 g/mol. The smallest absolute Gasteiger partial charge is 0.229 e. The molecule has 0 bridgehead atoms. The van der Waals surface area contributed by atoms with Crippen molar-refractivity contribution >= 4 is 16.9 Å². The fraction of sp³-hybridized carbons (Fsp3) is 0.130. The van der Waals surface area contributed by atoms with Gasteiger partial charge in [-0.1, -0.05) is 78.0 Å². The molecule has 0 spiro atoms. The maximum absolute atomic E-state index is 13.1. The van der Waals surface area contributed by atoms with E-state index < -0.39 is 0 Å². The molecule has 0 radical (unpaired) electrons. The molecule has 1 aromatic heterocycles. The first-order chi connectivity index (χ1) is 13.3. The normalized spacial score (nSPS) is 10.8. The van der Waals surface area contributed by atoms with E-state index in [4.69, 9.17) is 4.52 Å². The number of carbonyl (C=O) groups excluding carboxylic acids is 1. The fourth-order valence-electron chi connectivity index (χ4n) is 3.16. The van der Waals surface area contributed by atoms with Gasteiger partial charge >= 0.3 is 0 Å².